The number of hydrogen-bond acceptors (Lipinski definition) is 5. The lowest BCUT2D eigenvalue weighted by atomic mass is 10.2. The van der Waals surface area contributed by atoms with Crippen LogP contribution >= 0.6 is 11.6 Å². The predicted octanol–water partition coefficient (Wildman–Crippen LogP) is 2.62. The summed E-state index contributed by atoms with van der Waals surface area (Å²) in [6.45, 7) is 0. The van der Waals surface area contributed by atoms with Gasteiger partial charge in [0.15, 0.2) is 6.30 Å². The van der Waals surface area contributed by atoms with Crippen LogP contribution in [0.3, 0.4) is 0 Å². The maximum absolute atomic E-state index is 13.4. The minimum atomic E-state index is -1.58. The zero-order valence-electron chi connectivity index (χ0n) is 9.31. The highest BCUT2D eigenvalue weighted by atomic mass is 35.5. The van der Waals surface area contributed by atoms with Crippen LogP contribution in [0.4, 0.5) is 20.3 Å². The number of nitrogens with one attached hydrogen (secondary N) is 1. The number of anilines is 1. The fourth-order valence-corrected chi connectivity index (χ4v) is 1.59. The molecule has 1 atom stereocenters. The third-order valence-corrected chi connectivity index (χ3v) is 2.60. The van der Waals surface area contributed by atoms with Crippen molar-refractivity contribution in [2.45, 2.75) is 6.30 Å². The summed E-state index contributed by atoms with van der Waals surface area (Å²) in [5.41, 5.74) is -0.603. The molecular weight excluding hydrogens is 282 g/mol. The van der Waals surface area contributed by atoms with Crippen LogP contribution in [-0.4, -0.2) is 27.1 Å². The van der Waals surface area contributed by atoms with Crippen molar-refractivity contribution in [1.29, 1.82) is 0 Å². The number of nitro groups is 1. The van der Waals surface area contributed by atoms with Gasteiger partial charge in [0.1, 0.15) is 12.1 Å². The lowest BCUT2D eigenvalue weighted by Crippen LogP contribution is -2.16. The summed E-state index contributed by atoms with van der Waals surface area (Å²) in [6.07, 6.45) is -0.486. The van der Waals surface area contributed by atoms with Gasteiger partial charge in [-0.3, -0.25) is 10.1 Å². The number of halogens is 3. The molecule has 0 radical (unpaired) electrons. The fourth-order valence-electron chi connectivity index (χ4n) is 1.51. The number of nitrogens with zero attached hydrogens (tertiary/aromatic N) is 3. The van der Waals surface area contributed by atoms with E-state index in [4.69, 9.17) is 11.6 Å². The molecule has 0 saturated heterocycles. The summed E-state index contributed by atoms with van der Waals surface area (Å²) in [5.74, 6) is -1.33. The Labute approximate surface area is 110 Å². The Bertz CT molecular complexity index is 640. The number of alkyl halides is 2. The largest absolute Gasteiger partial charge is 0.339 e. The third-order valence-electron chi connectivity index (χ3n) is 2.33. The van der Waals surface area contributed by atoms with Crippen LogP contribution in [0.2, 0.25) is 0 Å². The van der Waals surface area contributed by atoms with E-state index in [2.05, 4.69) is 15.3 Å². The normalized spacial score (nSPS) is 12.4. The number of nitro benzene ring substituents is 1. The molecule has 2 rings (SSSR count). The van der Waals surface area contributed by atoms with E-state index in [1.807, 2.05) is 0 Å². The molecule has 0 bridgehead atoms. The topological polar surface area (TPSA) is 81.0 Å². The Morgan fingerprint density at radius 1 is 1.47 bits per heavy atom. The molecule has 0 fully saturated rings. The van der Waals surface area contributed by atoms with Gasteiger partial charge in [-0.1, -0.05) is 0 Å². The Morgan fingerprint density at radius 3 is 2.84 bits per heavy atom. The number of hydrogen-bond donors (Lipinski definition) is 1. The van der Waals surface area contributed by atoms with Crippen LogP contribution in [0.25, 0.3) is 10.9 Å². The molecule has 19 heavy (non-hydrogen) atoms. The Balaban J connectivity index is 2.59. The highest BCUT2D eigenvalue weighted by Crippen LogP contribution is 2.27. The lowest BCUT2D eigenvalue weighted by molar-refractivity contribution is -0.387. The van der Waals surface area contributed by atoms with E-state index in [1.54, 1.807) is 0 Å². The first-order valence-electron chi connectivity index (χ1n) is 5.08. The van der Waals surface area contributed by atoms with Crippen LogP contribution in [0, 0.1) is 15.9 Å². The standard InChI is InChI=1S/C10H7ClF2N4O2/c11-3-9(13)16-10-5-1-8(17(18)19)6(12)2-7(5)14-4-15-10/h1-2,4,9H,3H2,(H,14,15,16). The van der Waals surface area contributed by atoms with Gasteiger partial charge in [0.2, 0.25) is 5.82 Å². The van der Waals surface area contributed by atoms with E-state index < -0.39 is 22.7 Å². The van der Waals surface area contributed by atoms with Gasteiger partial charge in [-0.25, -0.2) is 14.4 Å². The van der Waals surface area contributed by atoms with Crippen molar-refractivity contribution in [2.24, 2.45) is 0 Å². The molecule has 1 unspecified atom stereocenters. The molecule has 0 amide bonds. The molecule has 6 nitrogen and oxygen atoms in total. The first kappa shape index (κ1) is 13.3. The molecule has 0 aliphatic rings. The zero-order chi connectivity index (χ0) is 14.0. The molecule has 0 aliphatic heterocycles. The summed E-state index contributed by atoms with van der Waals surface area (Å²) in [6, 6.07) is 1.85. The Morgan fingerprint density at radius 2 is 2.21 bits per heavy atom. The summed E-state index contributed by atoms with van der Waals surface area (Å²) in [4.78, 5) is 17.3. The molecule has 1 aromatic heterocycles. The quantitative estimate of drug-likeness (QED) is 0.405. The number of fused-ring (bicyclic) bond motifs is 1. The molecule has 100 valence electrons. The van der Waals surface area contributed by atoms with E-state index in [0.717, 1.165) is 18.5 Å². The highest BCUT2D eigenvalue weighted by Gasteiger charge is 2.18. The Hall–Kier alpha value is -2.09. The number of benzene rings is 1. The average molecular weight is 289 g/mol. The maximum atomic E-state index is 13.4. The van der Waals surface area contributed by atoms with Crippen molar-refractivity contribution in [2.75, 3.05) is 11.2 Å². The number of rotatable bonds is 4. The second kappa shape index (κ2) is 5.27. The van der Waals surface area contributed by atoms with E-state index in [0.29, 0.717) is 0 Å². The summed E-state index contributed by atoms with van der Waals surface area (Å²) < 4.78 is 26.6. The summed E-state index contributed by atoms with van der Waals surface area (Å²) >= 11 is 5.31. The molecule has 1 N–H and O–H groups in total. The molecular formula is C10H7ClF2N4O2. The van der Waals surface area contributed by atoms with Crippen molar-refractivity contribution in [3.8, 4) is 0 Å². The van der Waals surface area contributed by atoms with E-state index in [1.165, 1.54) is 0 Å². The molecule has 9 heteroatoms. The van der Waals surface area contributed by atoms with E-state index >= 15 is 0 Å². The first-order valence-corrected chi connectivity index (χ1v) is 5.61. The SMILES string of the molecule is O=[N+]([O-])c1cc2c(NC(F)CCl)ncnc2cc1F. The summed E-state index contributed by atoms with van der Waals surface area (Å²) in [7, 11) is 0. The second-order valence-electron chi connectivity index (χ2n) is 3.57. The van der Waals surface area contributed by atoms with Crippen molar-refractivity contribution in [1.82, 2.24) is 9.97 Å². The maximum Gasteiger partial charge on any atom is 0.305 e. The van der Waals surface area contributed by atoms with Crippen molar-refractivity contribution < 1.29 is 13.7 Å². The van der Waals surface area contributed by atoms with Crippen molar-refractivity contribution >= 4 is 34.0 Å². The van der Waals surface area contributed by atoms with Crippen LogP contribution in [0.15, 0.2) is 18.5 Å². The molecule has 1 aromatic carbocycles. The minimum absolute atomic E-state index is 0.0150. The van der Waals surface area contributed by atoms with Gasteiger partial charge in [-0.05, 0) is 0 Å². The molecule has 0 saturated carbocycles. The Kier molecular flexibility index (Phi) is 3.70. The van der Waals surface area contributed by atoms with Gasteiger partial charge in [0.25, 0.3) is 0 Å². The van der Waals surface area contributed by atoms with E-state index in [9.17, 15) is 18.9 Å². The lowest BCUT2D eigenvalue weighted by Gasteiger charge is -2.10. The number of aromatic nitrogens is 2. The van der Waals surface area contributed by atoms with Crippen molar-refractivity contribution in [3.63, 3.8) is 0 Å². The van der Waals surface area contributed by atoms with Gasteiger partial charge >= 0.3 is 5.69 Å². The third kappa shape index (κ3) is 2.68. The summed E-state index contributed by atoms with van der Waals surface area (Å²) in [5, 5.41) is 13.1. The van der Waals surface area contributed by atoms with E-state index in [-0.39, 0.29) is 22.6 Å². The highest BCUT2D eigenvalue weighted by molar-refractivity contribution is 6.18. The van der Waals surface area contributed by atoms with Crippen LogP contribution < -0.4 is 5.32 Å². The minimum Gasteiger partial charge on any atom is -0.339 e. The first-order chi connectivity index (χ1) is 9.02. The van der Waals surface area contributed by atoms with Gasteiger partial charge in [0, 0.05) is 17.5 Å². The molecule has 1 heterocycles. The fraction of sp³-hybridized carbons (Fsp3) is 0.200. The predicted molar refractivity (Wildman–Crippen MR) is 65.4 cm³/mol. The van der Waals surface area contributed by atoms with Crippen LogP contribution in [0.5, 0.6) is 0 Å². The van der Waals surface area contributed by atoms with Gasteiger partial charge < -0.3 is 5.32 Å². The zero-order valence-corrected chi connectivity index (χ0v) is 10.1. The van der Waals surface area contributed by atoms with Gasteiger partial charge in [0.05, 0.1) is 16.3 Å². The van der Waals surface area contributed by atoms with Gasteiger partial charge in [-0.15, -0.1) is 11.6 Å². The molecule has 0 spiro atoms. The van der Waals surface area contributed by atoms with Gasteiger partial charge in [-0.2, -0.15) is 4.39 Å². The molecule has 2 aromatic rings. The van der Waals surface area contributed by atoms with Crippen LogP contribution in [-0.2, 0) is 0 Å². The monoisotopic (exact) mass is 288 g/mol. The van der Waals surface area contributed by atoms with Crippen LogP contribution in [0.1, 0.15) is 0 Å². The smallest absolute Gasteiger partial charge is 0.305 e. The second-order valence-corrected chi connectivity index (χ2v) is 3.87. The van der Waals surface area contributed by atoms with Crippen molar-refractivity contribution in [3.05, 3.63) is 34.4 Å². The average Bonchev–Trinajstić information content (AvgIpc) is 2.37. The molecule has 0 aliphatic carbocycles.